The normalized spacial score (nSPS) is 14.9. The van der Waals surface area contributed by atoms with Crippen molar-refractivity contribution >= 4 is 34.6 Å². The summed E-state index contributed by atoms with van der Waals surface area (Å²) in [4.78, 5) is 4.24. The Bertz CT molecular complexity index is 902. The van der Waals surface area contributed by atoms with Gasteiger partial charge in [0.05, 0.1) is 24.5 Å². The molecule has 0 atom stereocenters. The second-order valence-electron chi connectivity index (χ2n) is 7.83. The number of rotatable bonds is 7. The molecule has 0 amide bonds. The molecule has 1 N–H and O–H groups in total. The molecule has 0 aliphatic carbocycles. The Hall–Kier alpha value is -1.87. The third-order valence-electron chi connectivity index (χ3n) is 5.32. The first-order chi connectivity index (χ1) is 15.2. The highest BCUT2D eigenvalue weighted by Crippen LogP contribution is 2.36. The standard InChI is InChI=1S/C23H27ClF3N3OS/c1-17-3-5-18(6-4-17)16-30(10-2-9-29-11-13-31-14-12-29)22(32)28-21-8-7-19(24)15-20(21)23(25,26)27/h3-8,15H,2,9-14,16H2,1H3,(H,28,32). The number of halogens is 4. The Morgan fingerprint density at radius 3 is 2.50 bits per heavy atom. The number of anilines is 1. The van der Waals surface area contributed by atoms with E-state index in [0.717, 1.165) is 56.5 Å². The molecule has 1 heterocycles. The maximum absolute atomic E-state index is 13.5. The van der Waals surface area contributed by atoms with Gasteiger partial charge in [-0.15, -0.1) is 0 Å². The van der Waals surface area contributed by atoms with E-state index in [-0.39, 0.29) is 15.8 Å². The van der Waals surface area contributed by atoms with Crippen LogP contribution in [0.15, 0.2) is 42.5 Å². The van der Waals surface area contributed by atoms with Crippen LogP contribution in [0.25, 0.3) is 0 Å². The second kappa shape index (κ2) is 11.3. The molecule has 1 saturated heterocycles. The van der Waals surface area contributed by atoms with Gasteiger partial charge in [-0.3, -0.25) is 4.90 Å². The summed E-state index contributed by atoms with van der Waals surface area (Å²) in [6, 6.07) is 11.7. The van der Waals surface area contributed by atoms with E-state index in [1.807, 2.05) is 36.1 Å². The van der Waals surface area contributed by atoms with Crippen LogP contribution in [0.3, 0.4) is 0 Å². The fourth-order valence-electron chi connectivity index (χ4n) is 3.53. The van der Waals surface area contributed by atoms with Crippen molar-refractivity contribution in [3.63, 3.8) is 0 Å². The maximum Gasteiger partial charge on any atom is 0.418 e. The Morgan fingerprint density at radius 2 is 1.84 bits per heavy atom. The summed E-state index contributed by atoms with van der Waals surface area (Å²) in [6.07, 6.45) is -3.71. The zero-order chi connectivity index (χ0) is 23.1. The van der Waals surface area contributed by atoms with Gasteiger partial charge in [-0.25, -0.2) is 0 Å². The Morgan fingerprint density at radius 1 is 1.16 bits per heavy atom. The lowest BCUT2D eigenvalue weighted by Crippen LogP contribution is -2.40. The van der Waals surface area contributed by atoms with Crippen molar-refractivity contribution in [2.45, 2.75) is 26.1 Å². The van der Waals surface area contributed by atoms with E-state index >= 15 is 0 Å². The third kappa shape index (κ3) is 7.33. The monoisotopic (exact) mass is 485 g/mol. The smallest absolute Gasteiger partial charge is 0.379 e. The molecule has 1 fully saturated rings. The SMILES string of the molecule is Cc1ccc(CN(CCCN2CCOCC2)C(=S)Nc2ccc(Cl)cc2C(F)(F)F)cc1. The fourth-order valence-corrected chi connectivity index (χ4v) is 3.97. The first kappa shape index (κ1) is 24.8. The quantitative estimate of drug-likeness (QED) is 0.516. The van der Waals surface area contributed by atoms with E-state index in [9.17, 15) is 13.2 Å². The van der Waals surface area contributed by atoms with Gasteiger partial charge in [0.1, 0.15) is 0 Å². The van der Waals surface area contributed by atoms with Crippen molar-refractivity contribution in [3.8, 4) is 0 Å². The molecule has 0 saturated carbocycles. The zero-order valence-corrected chi connectivity index (χ0v) is 19.5. The molecule has 0 unspecified atom stereocenters. The zero-order valence-electron chi connectivity index (χ0n) is 17.9. The van der Waals surface area contributed by atoms with Gasteiger partial charge in [-0.05, 0) is 49.3 Å². The van der Waals surface area contributed by atoms with Gasteiger partial charge in [-0.2, -0.15) is 13.2 Å². The van der Waals surface area contributed by atoms with Crippen LogP contribution >= 0.6 is 23.8 Å². The average Bonchev–Trinajstić information content (AvgIpc) is 2.75. The molecule has 3 rings (SSSR count). The summed E-state index contributed by atoms with van der Waals surface area (Å²) in [5, 5.41) is 3.08. The van der Waals surface area contributed by atoms with Gasteiger partial charge < -0.3 is 15.0 Å². The number of nitrogens with zero attached hydrogens (tertiary/aromatic N) is 2. The van der Waals surface area contributed by atoms with E-state index in [2.05, 4.69) is 10.2 Å². The van der Waals surface area contributed by atoms with Crippen molar-refractivity contribution in [1.29, 1.82) is 0 Å². The van der Waals surface area contributed by atoms with Crippen molar-refractivity contribution in [2.24, 2.45) is 0 Å². The van der Waals surface area contributed by atoms with Gasteiger partial charge in [0.2, 0.25) is 0 Å². The van der Waals surface area contributed by atoms with Crippen molar-refractivity contribution in [1.82, 2.24) is 9.80 Å². The number of hydrogen-bond donors (Lipinski definition) is 1. The fraction of sp³-hybridized carbons (Fsp3) is 0.435. The van der Waals surface area contributed by atoms with E-state index in [1.54, 1.807) is 0 Å². The van der Waals surface area contributed by atoms with Crippen LogP contribution in [0, 0.1) is 6.92 Å². The summed E-state index contributed by atoms with van der Waals surface area (Å²) in [7, 11) is 0. The van der Waals surface area contributed by atoms with Crippen LogP contribution in [0.1, 0.15) is 23.1 Å². The summed E-state index contributed by atoms with van der Waals surface area (Å²) in [6.45, 7) is 7.24. The average molecular weight is 486 g/mol. The molecular formula is C23H27ClF3N3OS. The first-order valence-corrected chi connectivity index (χ1v) is 11.3. The lowest BCUT2D eigenvalue weighted by atomic mass is 10.1. The number of hydrogen-bond acceptors (Lipinski definition) is 3. The molecule has 2 aromatic rings. The lowest BCUT2D eigenvalue weighted by molar-refractivity contribution is -0.136. The van der Waals surface area contributed by atoms with Crippen molar-refractivity contribution < 1.29 is 17.9 Å². The molecule has 32 heavy (non-hydrogen) atoms. The number of thiocarbonyl (C=S) groups is 1. The van der Waals surface area contributed by atoms with Crippen molar-refractivity contribution in [2.75, 3.05) is 44.7 Å². The van der Waals surface area contributed by atoms with E-state index < -0.39 is 11.7 Å². The molecule has 2 aromatic carbocycles. The van der Waals surface area contributed by atoms with Crippen LogP contribution in [0.4, 0.5) is 18.9 Å². The number of nitrogens with one attached hydrogen (secondary N) is 1. The minimum atomic E-state index is -4.54. The lowest BCUT2D eigenvalue weighted by Gasteiger charge is -2.30. The third-order valence-corrected chi connectivity index (χ3v) is 5.91. The van der Waals surface area contributed by atoms with Gasteiger partial charge >= 0.3 is 6.18 Å². The Kier molecular flexibility index (Phi) is 8.76. The van der Waals surface area contributed by atoms with E-state index in [0.29, 0.717) is 13.1 Å². The molecule has 0 aromatic heterocycles. The number of benzene rings is 2. The highest BCUT2D eigenvalue weighted by atomic mass is 35.5. The van der Waals surface area contributed by atoms with Crippen LogP contribution in [-0.4, -0.2) is 54.3 Å². The molecular weight excluding hydrogens is 459 g/mol. The highest BCUT2D eigenvalue weighted by Gasteiger charge is 2.34. The van der Waals surface area contributed by atoms with Crippen LogP contribution in [-0.2, 0) is 17.5 Å². The van der Waals surface area contributed by atoms with E-state index in [4.69, 9.17) is 28.6 Å². The maximum atomic E-state index is 13.5. The molecule has 1 aliphatic rings. The second-order valence-corrected chi connectivity index (χ2v) is 8.66. The van der Waals surface area contributed by atoms with E-state index in [1.165, 1.54) is 12.1 Å². The van der Waals surface area contributed by atoms with Crippen molar-refractivity contribution in [3.05, 3.63) is 64.2 Å². The highest BCUT2D eigenvalue weighted by molar-refractivity contribution is 7.80. The molecule has 9 heteroatoms. The number of ether oxygens (including phenoxy) is 1. The van der Waals surface area contributed by atoms with Crippen LogP contribution in [0.2, 0.25) is 5.02 Å². The molecule has 174 valence electrons. The minimum absolute atomic E-state index is 0.0239. The van der Waals surface area contributed by atoms with Crippen LogP contribution in [0.5, 0.6) is 0 Å². The van der Waals surface area contributed by atoms with Gasteiger partial charge in [0.25, 0.3) is 0 Å². The van der Waals surface area contributed by atoms with Crippen LogP contribution < -0.4 is 5.32 Å². The van der Waals surface area contributed by atoms with Gasteiger partial charge in [0, 0.05) is 37.7 Å². The van der Waals surface area contributed by atoms with Gasteiger partial charge in [-0.1, -0.05) is 41.4 Å². The largest absolute Gasteiger partial charge is 0.418 e. The topological polar surface area (TPSA) is 27.7 Å². The number of morpholine rings is 1. The van der Waals surface area contributed by atoms with Gasteiger partial charge in [0.15, 0.2) is 5.11 Å². The summed E-state index contributed by atoms with van der Waals surface area (Å²) >= 11 is 11.3. The number of alkyl halides is 3. The Balaban J connectivity index is 1.72. The summed E-state index contributed by atoms with van der Waals surface area (Å²) in [5.41, 5.74) is 1.24. The molecule has 0 radical (unpaired) electrons. The predicted molar refractivity (Wildman–Crippen MR) is 126 cm³/mol. The number of aryl methyl sites for hydroxylation is 1. The summed E-state index contributed by atoms with van der Waals surface area (Å²) < 4.78 is 45.9. The first-order valence-electron chi connectivity index (χ1n) is 10.5. The molecule has 1 aliphatic heterocycles. The molecule has 0 spiro atoms. The minimum Gasteiger partial charge on any atom is -0.379 e. The summed E-state index contributed by atoms with van der Waals surface area (Å²) in [5.74, 6) is 0. The molecule has 0 bridgehead atoms. The predicted octanol–water partition coefficient (Wildman–Crippen LogP) is 5.59. The Labute approximate surface area is 197 Å². The molecule has 4 nitrogen and oxygen atoms in total.